The van der Waals surface area contributed by atoms with Crippen LogP contribution in [-0.2, 0) is 6.54 Å². The molecule has 2 aromatic heterocycles. The minimum absolute atomic E-state index is 0.160. The molecule has 0 aliphatic carbocycles. The highest BCUT2D eigenvalue weighted by molar-refractivity contribution is 6.13. The molecular weight excluding hydrogens is 376 g/mol. The number of hydrogen-bond donors (Lipinski definition) is 1. The Morgan fingerprint density at radius 2 is 1.77 bits per heavy atom. The molecule has 0 saturated carbocycles. The molecular formula is C23H18N6O. The summed E-state index contributed by atoms with van der Waals surface area (Å²) in [5, 5.41) is 15.1. The normalized spacial score (nSPS) is 10.9. The van der Waals surface area contributed by atoms with E-state index < -0.39 is 0 Å². The number of para-hydroxylation sites is 1. The maximum Gasteiger partial charge on any atom is 0.257 e. The van der Waals surface area contributed by atoms with Gasteiger partial charge in [0.2, 0.25) is 0 Å². The van der Waals surface area contributed by atoms with E-state index in [0.29, 0.717) is 17.8 Å². The van der Waals surface area contributed by atoms with Crippen molar-refractivity contribution >= 4 is 22.5 Å². The number of hydrogen-bond acceptors (Lipinski definition) is 4. The van der Waals surface area contributed by atoms with Crippen molar-refractivity contribution in [1.29, 1.82) is 0 Å². The van der Waals surface area contributed by atoms with Gasteiger partial charge in [-0.25, -0.2) is 4.68 Å². The second-order valence-electron chi connectivity index (χ2n) is 6.93. The van der Waals surface area contributed by atoms with E-state index in [1.165, 1.54) is 11.9 Å². The topological polar surface area (TPSA) is 77.6 Å². The van der Waals surface area contributed by atoms with E-state index in [1.54, 1.807) is 4.68 Å². The van der Waals surface area contributed by atoms with Crippen molar-refractivity contribution in [2.75, 3.05) is 5.32 Å². The molecule has 5 aromatic rings. The summed E-state index contributed by atoms with van der Waals surface area (Å²) in [4.78, 5) is 13.1. The molecule has 0 radical (unpaired) electrons. The van der Waals surface area contributed by atoms with Crippen LogP contribution in [0, 0.1) is 0 Å². The highest BCUT2D eigenvalue weighted by Gasteiger charge is 2.15. The highest BCUT2D eigenvalue weighted by Crippen LogP contribution is 2.24. The third-order valence-electron chi connectivity index (χ3n) is 4.95. The molecule has 0 bridgehead atoms. The Labute approximate surface area is 172 Å². The number of carbonyl (C=O) groups excluding carboxylic acids is 1. The minimum atomic E-state index is -0.160. The molecule has 0 aliphatic rings. The number of benzene rings is 3. The Morgan fingerprint density at radius 3 is 2.60 bits per heavy atom. The maximum absolute atomic E-state index is 13.1. The highest BCUT2D eigenvalue weighted by atomic mass is 16.1. The summed E-state index contributed by atoms with van der Waals surface area (Å²) in [6.07, 6.45) is 3.43. The molecule has 146 valence electrons. The Morgan fingerprint density at radius 1 is 0.933 bits per heavy atom. The Balaban J connectivity index is 1.46. The summed E-state index contributed by atoms with van der Waals surface area (Å²) in [6.45, 7) is 0.698. The lowest BCUT2D eigenvalue weighted by Gasteiger charge is -2.06. The van der Waals surface area contributed by atoms with Gasteiger partial charge in [-0.1, -0.05) is 54.6 Å². The number of aromatic nitrogens is 5. The summed E-state index contributed by atoms with van der Waals surface area (Å²) in [7, 11) is 0. The summed E-state index contributed by atoms with van der Waals surface area (Å²) < 4.78 is 3.65. The van der Waals surface area contributed by atoms with Crippen LogP contribution in [0.15, 0.2) is 91.4 Å². The van der Waals surface area contributed by atoms with Crippen molar-refractivity contribution < 1.29 is 4.79 Å². The van der Waals surface area contributed by atoms with Gasteiger partial charge in [-0.05, 0) is 40.3 Å². The van der Waals surface area contributed by atoms with E-state index in [-0.39, 0.29) is 5.91 Å². The lowest BCUT2D eigenvalue weighted by Crippen LogP contribution is -2.12. The zero-order valence-corrected chi connectivity index (χ0v) is 16.0. The maximum atomic E-state index is 13.1. The SMILES string of the molecule is O=C(Nc1cccc(-n2cnnn2)c1)c1cn(Cc2ccccc2)c2ccccc12. The van der Waals surface area contributed by atoms with Gasteiger partial charge >= 0.3 is 0 Å². The Hall–Kier alpha value is -4.26. The number of anilines is 1. The molecule has 1 N–H and O–H groups in total. The fourth-order valence-electron chi connectivity index (χ4n) is 3.54. The number of tetrazole rings is 1. The first-order valence-corrected chi connectivity index (χ1v) is 9.54. The van der Waals surface area contributed by atoms with Gasteiger partial charge in [0.1, 0.15) is 6.33 Å². The number of carbonyl (C=O) groups is 1. The summed E-state index contributed by atoms with van der Waals surface area (Å²) in [6, 6.07) is 25.5. The molecule has 5 rings (SSSR count). The average Bonchev–Trinajstić information content (AvgIpc) is 3.44. The number of fused-ring (bicyclic) bond motifs is 1. The van der Waals surface area contributed by atoms with Gasteiger partial charge in [-0.2, -0.15) is 0 Å². The number of nitrogens with zero attached hydrogens (tertiary/aromatic N) is 5. The number of rotatable bonds is 5. The molecule has 30 heavy (non-hydrogen) atoms. The average molecular weight is 394 g/mol. The summed E-state index contributed by atoms with van der Waals surface area (Å²) in [5.74, 6) is -0.160. The molecule has 0 fully saturated rings. The number of nitrogens with one attached hydrogen (secondary N) is 1. The summed E-state index contributed by atoms with van der Waals surface area (Å²) >= 11 is 0. The zero-order valence-electron chi connectivity index (χ0n) is 16.0. The predicted molar refractivity (Wildman–Crippen MR) is 115 cm³/mol. The summed E-state index contributed by atoms with van der Waals surface area (Å²) in [5.41, 5.74) is 4.28. The van der Waals surface area contributed by atoms with Crippen molar-refractivity contribution in [3.63, 3.8) is 0 Å². The van der Waals surface area contributed by atoms with E-state index in [2.05, 4.69) is 37.5 Å². The quantitative estimate of drug-likeness (QED) is 0.490. The second-order valence-corrected chi connectivity index (χ2v) is 6.93. The van der Waals surface area contributed by atoms with Crippen LogP contribution in [0.25, 0.3) is 16.6 Å². The van der Waals surface area contributed by atoms with Crippen LogP contribution in [-0.4, -0.2) is 30.7 Å². The van der Waals surface area contributed by atoms with Crippen LogP contribution in [0.2, 0.25) is 0 Å². The lowest BCUT2D eigenvalue weighted by atomic mass is 10.1. The van der Waals surface area contributed by atoms with E-state index in [1.807, 2.05) is 72.9 Å². The minimum Gasteiger partial charge on any atom is -0.342 e. The zero-order chi connectivity index (χ0) is 20.3. The van der Waals surface area contributed by atoms with Crippen LogP contribution in [0.5, 0.6) is 0 Å². The van der Waals surface area contributed by atoms with Gasteiger partial charge in [0.25, 0.3) is 5.91 Å². The predicted octanol–water partition coefficient (Wildman–Crippen LogP) is 3.92. The first-order valence-electron chi connectivity index (χ1n) is 9.54. The van der Waals surface area contributed by atoms with Gasteiger partial charge in [-0.3, -0.25) is 4.79 Å². The molecule has 2 heterocycles. The fourth-order valence-corrected chi connectivity index (χ4v) is 3.54. The van der Waals surface area contributed by atoms with E-state index >= 15 is 0 Å². The Bertz CT molecular complexity index is 1310. The van der Waals surface area contributed by atoms with Crippen molar-refractivity contribution in [3.05, 3.63) is 103 Å². The molecule has 7 heteroatoms. The van der Waals surface area contributed by atoms with Crippen LogP contribution < -0.4 is 5.32 Å². The molecule has 0 atom stereocenters. The molecule has 7 nitrogen and oxygen atoms in total. The molecule has 0 spiro atoms. The standard InChI is InChI=1S/C23H18N6O/c30-23(25-18-9-6-10-19(13-18)29-16-24-26-27-29)21-15-28(14-17-7-2-1-3-8-17)22-12-5-4-11-20(21)22/h1-13,15-16H,14H2,(H,25,30). The van der Waals surface area contributed by atoms with Crippen LogP contribution in [0.4, 0.5) is 5.69 Å². The van der Waals surface area contributed by atoms with Gasteiger partial charge in [0.05, 0.1) is 11.3 Å². The Kier molecular flexibility index (Phi) is 4.53. The van der Waals surface area contributed by atoms with E-state index in [4.69, 9.17) is 0 Å². The van der Waals surface area contributed by atoms with Crippen molar-refractivity contribution in [2.45, 2.75) is 6.54 Å². The van der Waals surface area contributed by atoms with Crippen LogP contribution >= 0.6 is 0 Å². The van der Waals surface area contributed by atoms with Crippen LogP contribution in [0.1, 0.15) is 15.9 Å². The molecule has 3 aromatic carbocycles. The fraction of sp³-hybridized carbons (Fsp3) is 0.0435. The molecule has 0 unspecified atom stereocenters. The van der Waals surface area contributed by atoms with Gasteiger partial charge in [0, 0.05) is 29.3 Å². The third kappa shape index (κ3) is 3.44. The van der Waals surface area contributed by atoms with Crippen molar-refractivity contribution in [3.8, 4) is 5.69 Å². The van der Waals surface area contributed by atoms with E-state index in [0.717, 1.165) is 16.6 Å². The molecule has 1 amide bonds. The molecule has 0 saturated heterocycles. The second kappa shape index (κ2) is 7.63. The largest absolute Gasteiger partial charge is 0.342 e. The third-order valence-corrected chi connectivity index (χ3v) is 4.95. The van der Waals surface area contributed by atoms with Crippen molar-refractivity contribution in [2.24, 2.45) is 0 Å². The first-order chi connectivity index (χ1) is 14.8. The monoisotopic (exact) mass is 394 g/mol. The first kappa shape index (κ1) is 17.8. The molecule has 0 aliphatic heterocycles. The lowest BCUT2D eigenvalue weighted by molar-refractivity contribution is 0.102. The van der Waals surface area contributed by atoms with Crippen LogP contribution in [0.3, 0.4) is 0 Å². The van der Waals surface area contributed by atoms with Crippen molar-refractivity contribution in [1.82, 2.24) is 24.8 Å². The van der Waals surface area contributed by atoms with Gasteiger partial charge < -0.3 is 9.88 Å². The van der Waals surface area contributed by atoms with Gasteiger partial charge in [-0.15, -0.1) is 5.10 Å². The smallest absolute Gasteiger partial charge is 0.257 e. The number of amides is 1. The van der Waals surface area contributed by atoms with E-state index in [9.17, 15) is 4.79 Å². The van der Waals surface area contributed by atoms with Gasteiger partial charge in [0.15, 0.2) is 0 Å².